The lowest BCUT2D eigenvalue weighted by Gasteiger charge is -2.36. The fraction of sp³-hybridized carbons (Fsp3) is 0.296. The van der Waals surface area contributed by atoms with E-state index in [1.807, 2.05) is 29.2 Å². The molecule has 1 amide bonds. The lowest BCUT2D eigenvalue weighted by Crippen LogP contribution is -2.49. The molecule has 0 N–H and O–H groups in total. The molecule has 0 spiro atoms. The Labute approximate surface area is 189 Å². The number of aryl methyl sites for hydroxylation is 2. The van der Waals surface area contributed by atoms with Gasteiger partial charge in [0, 0.05) is 31.9 Å². The first-order chi connectivity index (χ1) is 15.7. The highest BCUT2D eigenvalue weighted by Crippen LogP contribution is 2.36. The number of carbonyl (C=O) groups excluding carboxylic acids is 1. The largest absolute Gasteiger partial charge is 0.497 e. The summed E-state index contributed by atoms with van der Waals surface area (Å²) in [7, 11) is 1.69. The summed E-state index contributed by atoms with van der Waals surface area (Å²) in [5, 5.41) is 0. The van der Waals surface area contributed by atoms with Crippen LogP contribution in [-0.4, -0.2) is 50.6 Å². The summed E-state index contributed by atoms with van der Waals surface area (Å²) < 4.78 is 5.26. The third-order valence-electron chi connectivity index (χ3n) is 6.55. The summed E-state index contributed by atoms with van der Waals surface area (Å²) >= 11 is 0. The Morgan fingerprint density at radius 1 is 0.781 bits per heavy atom. The van der Waals surface area contributed by atoms with E-state index in [2.05, 4.69) is 58.3 Å². The predicted molar refractivity (Wildman–Crippen MR) is 129 cm³/mol. The minimum absolute atomic E-state index is 0.143. The van der Waals surface area contributed by atoms with Gasteiger partial charge in [0.2, 0.25) is 5.91 Å². The third kappa shape index (κ3) is 4.08. The Hall–Kier alpha value is -3.31. The van der Waals surface area contributed by atoms with Crippen LogP contribution in [-0.2, 0) is 17.6 Å². The van der Waals surface area contributed by atoms with E-state index in [1.54, 1.807) is 7.11 Å². The second-order valence-electron chi connectivity index (χ2n) is 8.45. The van der Waals surface area contributed by atoms with Crippen LogP contribution < -0.4 is 14.5 Å². The van der Waals surface area contributed by atoms with Gasteiger partial charge in [0.25, 0.3) is 0 Å². The first kappa shape index (κ1) is 20.6. The molecule has 2 aliphatic heterocycles. The summed E-state index contributed by atoms with van der Waals surface area (Å²) in [4.78, 5) is 20.2. The van der Waals surface area contributed by atoms with Crippen LogP contribution >= 0.6 is 0 Å². The fourth-order valence-corrected chi connectivity index (χ4v) is 4.77. The Kier molecular flexibility index (Phi) is 5.82. The lowest BCUT2D eigenvalue weighted by atomic mass is 10.0. The van der Waals surface area contributed by atoms with E-state index in [0.717, 1.165) is 56.1 Å². The summed E-state index contributed by atoms with van der Waals surface area (Å²) in [5.41, 5.74) is 5.73. The number of hydrogen-bond donors (Lipinski definition) is 0. The molecule has 0 unspecified atom stereocenters. The van der Waals surface area contributed by atoms with Gasteiger partial charge in [0.15, 0.2) is 0 Å². The van der Waals surface area contributed by atoms with Crippen LogP contribution in [0.5, 0.6) is 5.75 Å². The number of methoxy groups -OCH3 is 1. The first-order valence-electron chi connectivity index (χ1n) is 11.3. The van der Waals surface area contributed by atoms with Gasteiger partial charge in [-0.3, -0.25) is 14.6 Å². The number of piperazine rings is 1. The Morgan fingerprint density at radius 2 is 1.34 bits per heavy atom. The van der Waals surface area contributed by atoms with Gasteiger partial charge in [-0.2, -0.15) is 0 Å². The SMILES string of the molecule is COc1ccc(N2CCN(CC(=O)N3c4ccccc4CCc4ccccc43)CC2)cc1. The number of nitrogens with zero attached hydrogens (tertiary/aromatic N) is 3. The smallest absolute Gasteiger partial charge is 0.245 e. The summed E-state index contributed by atoms with van der Waals surface area (Å²) in [6.45, 7) is 3.99. The van der Waals surface area contributed by atoms with Crippen molar-refractivity contribution in [2.24, 2.45) is 0 Å². The number of benzene rings is 3. The zero-order chi connectivity index (χ0) is 21.9. The molecule has 0 saturated carbocycles. The standard InChI is InChI=1S/C27H29N3O2/c1-32-24-14-12-23(13-15-24)29-18-16-28(17-19-29)20-27(31)30-25-8-4-2-6-21(25)10-11-22-7-3-5-9-26(22)30/h2-9,12-15H,10-11,16-20H2,1H3. The number of anilines is 3. The van der Waals surface area contributed by atoms with Gasteiger partial charge in [0.05, 0.1) is 25.0 Å². The summed E-state index contributed by atoms with van der Waals surface area (Å²) in [6.07, 6.45) is 1.91. The Balaban J connectivity index is 1.30. The topological polar surface area (TPSA) is 36.0 Å². The highest BCUT2D eigenvalue weighted by atomic mass is 16.5. The Bertz CT molecular complexity index is 1040. The Morgan fingerprint density at radius 3 is 1.91 bits per heavy atom. The number of carbonyl (C=O) groups is 1. The van der Waals surface area contributed by atoms with E-state index in [9.17, 15) is 4.79 Å². The number of para-hydroxylation sites is 2. The molecule has 0 atom stereocenters. The van der Waals surface area contributed by atoms with Crippen molar-refractivity contribution in [2.45, 2.75) is 12.8 Å². The van der Waals surface area contributed by atoms with Crippen LogP contribution in [0.25, 0.3) is 0 Å². The number of ether oxygens (including phenoxy) is 1. The van der Waals surface area contributed by atoms with E-state index in [1.165, 1.54) is 16.8 Å². The molecule has 0 aliphatic carbocycles. The maximum absolute atomic E-state index is 13.6. The molecule has 3 aromatic carbocycles. The van der Waals surface area contributed by atoms with E-state index in [-0.39, 0.29) is 5.91 Å². The van der Waals surface area contributed by atoms with Crippen molar-refractivity contribution in [1.29, 1.82) is 0 Å². The van der Waals surface area contributed by atoms with Crippen molar-refractivity contribution >= 4 is 23.0 Å². The normalized spacial score (nSPS) is 16.2. The lowest BCUT2D eigenvalue weighted by molar-refractivity contribution is -0.119. The molecular formula is C27H29N3O2. The maximum atomic E-state index is 13.6. The second-order valence-corrected chi connectivity index (χ2v) is 8.45. The van der Waals surface area contributed by atoms with Crippen LogP contribution in [0.2, 0.25) is 0 Å². The van der Waals surface area contributed by atoms with E-state index in [0.29, 0.717) is 6.54 Å². The average Bonchev–Trinajstić information content (AvgIpc) is 3.01. The van der Waals surface area contributed by atoms with Crippen molar-refractivity contribution in [3.8, 4) is 5.75 Å². The van der Waals surface area contributed by atoms with E-state index >= 15 is 0 Å². The van der Waals surface area contributed by atoms with Gasteiger partial charge >= 0.3 is 0 Å². The minimum atomic E-state index is 0.143. The average molecular weight is 428 g/mol. The molecule has 1 fully saturated rings. The van der Waals surface area contributed by atoms with Gasteiger partial charge in [-0.1, -0.05) is 36.4 Å². The van der Waals surface area contributed by atoms with Crippen LogP contribution in [0.4, 0.5) is 17.1 Å². The fourth-order valence-electron chi connectivity index (χ4n) is 4.77. The molecule has 0 aromatic heterocycles. The maximum Gasteiger partial charge on any atom is 0.245 e. The van der Waals surface area contributed by atoms with Gasteiger partial charge in [-0.05, 0) is 60.4 Å². The number of amides is 1. The van der Waals surface area contributed by atoms with Crippen LogP contribution in [0.15, 0.2) is 72.8 Å². The van der Waals surface area contributed by atoms with Crippen molar-refractivity contribution in [3.05, 3.63) is 83.9 Å². The molecule has 1 saturated heterocycles. The van der Waals surface area contributed by atoms with E-state index < -0.39 is 0 Å². The molecule has 5 rings (SSSR count). The van der Waals surface area contributed by atoms with E-state index in [4.69, 9.17) is 4.74 Å². The number of fused-ring (bicyclic) bond motifs is 2. The molecule has 0 radical (unpaired) electrons. The highest BCUT2D eigenvalue weighted by molar-refractivity contribution is 6.03. The molecule has 5 nitrogen and oxygen atoms in total. The molecular weight excluding hydrogens is 398 g/mol. The van der Waals surface area contributed by atoms with Gasteiger partial charge in [-0.15, -0.1) is 0 Å². The zero-order valence-electron chi connectivity index (χ0n) is 18.5. The number of hydrogen-bond acceptors (Lipinski definition) is 4. The molecule has 0 bridgehead atoms. The third-order valence-corrected chi connectivity index (χ3v) is 6.55. The molecule has 2 aliphatic rings. The highest BCUT2D eigenvalue weighted by Gasteiger charge is 2.28. The van der Waals surface area contributed by atoms with Gasteiger partial charge in [0.1, 0.15) is 5.75 Å². The first-order valence-corrected chi connectivity index (χ1v) is 11.3. The zero-order valence-corrected chi connectivity index (χ0v) is 18.5. The van der Waals surface area contributed by atoms with Crippen LogP contribution in [0.3, 0.4) is 0 Å². The van der Waals surface area contributed by atoms with Gasteiger partial charge in [-0.25, -0.2) is 0 Å². The molecule has 164 valence electrons. The van der Waals surface area contributed by atoms with Crippen molar-refractivity contribution in [2.75, 3.05) is 49.6 Å². The van der Waals surface area contributed by atoms with Crippen LogP contribution in [0, 0.1) is 0 Å². The summed E-state index contributed by atoms with van der Waals surface area (Å²) in [5.74, 6) is 1.01. The van der Waals surface area contributed by atoms with Crippen LogP contribution in [0.1, 0.15) is 11.1 Å². The molecule has 2 heterocycles. The van der Waals surface area contributed by atoms with Gasteiger partial charge < -0.3 is 9.64 Å². The molecule has 32 heavy (non-hydrogen) atoms. The molecule has 3 aromatic rings. The quantitative estimate of drug-likeness (QED) is 0.623. The molecule has 5 heteroatoms. The predicted octanol–water partition coefficient (Wildman–Crippen LogP) is 4.28. The second kappa shape index (κ2) is 9.05. The number of rotatable bonds is 4. The summed E-state index contributed by atoms with van der Waals surface area (Å²) in [6, 6.07) is 24.8. The van der Waals surface area contributed by atoms with Crippen molar-refractivity contribution in [3.63, 3.8) is 0 Å². The van der Waals surface area contributed by atoms with Crippen molar-refractivity contribution < 1.29 is 9.53 Å². The minimum Gasteiger partial charge on any atom is -0.497 e. The van der Waals surface area contributed by atoms with Crippen molar-refractivity contribution in [1.82, 2.24) is 4.90 Å². The monoisotopic (exact) mass is 427 g/mol.